The predicted octanol–water partition coefficient (Wildman–Crippen LogP) is 4.32. The third kappa shape index (κ3) is 6.05. The standard InChI is InChI=1S/C24H26N2O4S2/c1-3-30-21-11-9-20(10-12-21)26(18-24(27)25-17-19-7-5-4-6-8-19)32(28,29)23-15-13-22(31-2)14-16-23/h4-16H,3,17-18H2,1-2H3,(H,25,27). The third-order valence-corrected chi connectivity index (χ3v) is 7.23. The van der Waals surface area contributed by atoms with Crippen molar-refractivity contribution in [2.24, 2.45) is 0 Å². The molecule has 3 aromatic rings. The van der Waals surface area contributed by atoms with Crippen molar-refractivity contribution in [2.75, 3.05) is 23.7 Å². The molecule has 0 aliphatic rings. The number of anilines is 1. The Labute approximate surface area is 193 Å². The number of rotatable bonds is 10. The molecule has 6 nitrogen and oxygen atoms in total. The first-order valence-corrected chi connectivity index (χ1v) is 12.8. The largest absolute Gasteiger partial charge is 0.494 e. The van der Waals surface area contributed by atoms with Crippen LogP contribution in [0.4, 0.5) is 5.69 Å². The molecule has 0 fully saturated rings. The monoisotopic (exact) mass is 470 g/mol. The van der Waals surface area contributed by atoms with Gasteiger partial charge in [-0.2, -0.15) is 0 Å². The lowest BCUT2D eigenvalue weighted by atomic mass is 10.2. The summed E-state index contributed by atoms with van der Waals surface area (Å²) in [5.74, 6) is 0.235. The van der Waals surface area contributed by atoms with Crippen LogP contribution in [0, 0.1) is 0 Å². The Morgan fingerprint density at radius 1 is 0.969 bits per heavy atom. The summed E-state index contributed by atoms with van der Waals surface area (Å²) >= 11 is 1.53. The summed E-state index contributed by atoms with van der Waals surface area (Å²) in [7, 11) is -3.96. The molecule has 0 aliphatic carbocycles. The average molecular weight is 471 g/mol. The van der Waals surface area contributed by atoms with E-state index in [0.29, 0.717) is 24.6 Å². The number of benzene rings is 3. The van der Waals surface area contributed by atoms with Gasteiger partial charge >= 0.3 is 0 Å². The van der Waals surface area contributed by atoms with Crippen LogP contribution in [0.15, 0.2) is 88.7 Å². The number of ether oxygens (including phenoxy) is 1. The van der Waals surface area contributed by atoms with Gasteiger partial charge in [0, 0.05) is 11.4 Å². The average Bonchev–Trinajstić information content (AvgIpc) is 2.82. The van der Waals surface area contributed by atoms with Gasteiger partial charge in [-0.05, 0) is 67.3 Å². The van der Waals surface area contributed by atoms with Crippen LogP contribution in [-0.4, -0.2) is 33.7 Å². The van der Waals surface area contributed by atoms with E-state index in [1.165, 1.54) is 11.8 Å². The quantitative estimate of drug-likeness (QED) is 0.447. The first-order valence-electron chi connectivity index (χ1n) is 10.1. The van der Waals surface area contributed by atoms with Gasteiger partial charge in [-0.25, -0.2) is 8.42 Å². The van der Waals surface area contributed by atoms with Crippen LogP contribution >= 0.6 is 11.8 Å². The number of thioether (sulfide) groups is 1. The molecule has 0 aliphatic heterocycles. The number of nitrogens with one attached hydrogen (secondary N) is 1. The normalized spacial score (nSPS) is 11.1. The van der Waals surface area contributed by atoms with Gasteiger partial charge in [-0.15, -0.1) is 11.8 Å². The molecule has 0 saturated heterocycles. The molecule has 3 aromatic carbocycles. The third-order valence-electron chi connectivity index (χ3n) is 4.70. The van der Waals surface area contributed by atoms with E-state index < -0.39 is 15.9 Å². The molecular formula is C24H26N2O4S2. The summed E-state index contributed by atoms with van der Waals surface area (Å²) in [6, 6.07) is 22.8. The fourth-order valence-electron chi connectivity index (χ4n) is 3.05. The fraction of sp³-hybridized carbons (Fsp3) is 0.208. The lowest BCUT2D eigenvalue weighted by molar-refractivity contribution is -0.119. The zero-order valence-electron chi connectivity index (χ0n) is 18.0. The van der Waals surface area contributed by atoms with Gasteiger partial charge in [-0.3, -0.25) is 9.10 Å². The summed E-state index contributed by atoms with van der Waals surface area (Å²) in [6.45, 7) is 2.36. The number of nitrogens with zero attached hydrogens (tertiary/aromatic N) is 1. The highest BCUT2D eigenvalue weighted by molar-refractivity contribution is 7.98. The van der Waals surface area contributed by atoms with Crippen LogP contribution in [-0.2, 0) is 21.4 Å². The zero-order valence-corrected chi connectivity index (χ0v) is 19.7. The Hall–Kier alpha value is -2.97. The van der Waals surface area contributed by atoms with Gasteiger partial charge in [-0.1, -0.05) is 30.3 Å². The predicted molar refractivity (Wildman–Crippen MR) is 129 cm³/mol. The van der Waals surface area contributed by atoms with Gasteiger partial charge in [0.2, 0.25) is 5.91 Å². The van der Waals surface area contributed by atoms with Crippen LogP contribution in [0.5, 0.6) is 5.75 Å². The van der Waals surface area contributed by atoms with Crippen molar-refractivity contribution in [2.45, 2.75) is 23.3 Å². The SMILES string of the molecule is CCOc1ccc(N(CC(=O)NCc2ccccc2)S(=O)(=O)c2ccc(SC)cc2)cc1. The topological polar surface area (TPSA) is 75.7 Å². The van der Waals surface area contributed by atoms with Gasteiger partial charge in [0.25, 0.3) is 10.0 Å². The first kappa shape index (κ1) is 23.7. The van der Waals surface area contributed by atoms with Crippen LogP contribution in [0.3, 0.4) is 0 Å². The molecule has 1 amide bonds. The minimum Gasteiger partial charge on any atom is -0.494 e. The van der Waals surface area contributed by atoms with E-state index in [-0.39, 0.29) is 11.4 Å². The van der Waals surface area contributed by atoms with Crippen molar-refractivity contribution in [3.05, 3.63) is 84.4 Å². The number of hydrogen-bond acceptors (Lipinski definition) is 5. The minimum absolute atomic E-state index is 0.125. The molecule has 0 heterocycles. The van der Waals surface area contributed by atoms with E-state index in [1.54, 1.807) is 48.5 Å². The molecule has 1 N–H and O–H groups in total. The summed E-state index contributed by atoms with van der Waals surface area (Å²) in [6.07, 6.45) is 1.92. The molecule has 0 saturated carbocycles. The zero-order chi connectivity index (χ0) is 23.0. The second-order valence-electron chi connectivity index (χ2n) is 6.88. The van der Waals surface area contributed by atoms with Gasteiger partial charge in [0.15, 0.2) is 0 Å². The van der Waals surface area contributed by atoms with Crippen molar-refractivity contribution >= 4 is 33.4 Å². The lowest BCUT2D eigenvalue weighted by Crippen LogP contribution is -2.40. The second-order valence-corrected chi connectivity index (χ2v) is 9.62. The Morgan fingerprint density at radius 3 is 2.22 bits per heavy atom. The van der Waals surface area contributed by atoms with Crippen LogP contribution in [0.1, 0.15) is 12.5 Å². The molecule has 0 radical (unpaired) electrons. The molecule has 168 valence electrons. The van der Waals surface area contributed by atoms with Gasteiger partial charge < -0.3 is 10.1 Å². The number of amides is 1. The maximum Gasteiger partial charge on any atom is 0.264 e. The summed E-state index contributed by atoms with van der Waals surface area (Å²) in [4.78, 5) is 13.8. The highest BCUT2D eigenvalue weighted by atomic mass is 32.2. The number of carbonyl (C=O) groups excluding carboxylic acids is 1. The molecular weight excluding hydrogens is 444 g/mol. The second kappa shape index (κ2) is 11.1. The van der Waals surface area contributed by atoms with Crippen LogP contribution in [0.25, 0.3) is 0 Å². The molecule has 0 bridgehead atoms. The van der Waals surface area contributed by atoms with Gasteiger partial charge in [0.1, 0.15) is 12.3 Å². The lowest BCUT2D eigenvalue weighted by Gasteiger charge is -2.24. The molecule has 32 heavy (non-hydrogen) atoms. The smallest absolute Gasteiger partial charge is 0.264 e. The van der Waals surface area contributed by atoms with E-state index in [4.69, 9.17) is 4.74 Å². The molecule has 8 heteroatoms. The van der Waals surface area contributed by atoms with Crippen molar-refractivity contribution < 1.29 is 17.9 Å². The van der Waals surface area contributed by atoms with E-state index in [9.17, 15) is 13.2 Å². The summed E-state index contributed by atoms with van der Waals surface area (Å²) < 4.78 is 33.5. The number of sulfonamides is 1. The Kier molecular flexibility index (Phi) is 8.19. The molecule has 0 aromatic heterocycles. The molecule has 3 rings (SSSR count). The number of hydrogen-bond donors (Lipinski definition) is 1. The maximum atomic E-state index is 13.5. The van der Waals surface area contributed by atoms with Crippen molar-refractivity contribution in [1.29, 1.82) is 0 Å². The molecule has 0 atom stereocenters. The van der Waals surface area contributed by atoms with Crippen LogP contribution in [0.2, 0.25) is 0 Å². The fourth-order valence-corrected chi connectivity index (χ4v) is 4.88. The molecule has 0 unspecified atom stereocenters. The highest BCUT2D eigenvalue weighted by Gasteiger charge is 2.27. The maximum absolute atomic E-state index is 13.5. The van der Waals surface area contributed by atoms with E-state index in [1.807, 2.05) is 43.5 Å². The van der Waals surface area contributed by atoms with E-state index in [0.717, 1.165) is 14.8 Å². The first-order chi connectivity index (χ1) is 15.4. The number of carbonyl (C=O) groups is 1. The van der Waals surface area contributed by atoms with Crippen molar-refractivity contribution in [3.8, 4) is 5.75 Å². The van der Waals surface area contributed by atoms with E-state index >= 15 is 0 Å². The molecule has 0 spiro atoms. The Balaban J connectivity index is 1.86. The van der Waals surface area contributed by atoms with Gasteiger partial charge in [0.05, 0.1) is 17.2 Å². The summed E-state index contributed by atoms with van der Waals surface area (Å²) in [5, 5.41) is 2.80. The van der Waals surface area contributed by atoms with Crippen molar-refractivity contribution in [1.82, 2.24) is 5.32 Å². The van der Waals surface area contributed by atoms with Crippen molar-refractivity contribution in [3.63, 3.8) is 0 Å². The van der Waals surface area contributed by atoms with Crippen LogP contribution < -0.4 is 14.4 Å². The Bertz CT molecular complexity index is 1120. The van der Waals surface area contributed by atoms with E-state index in [2.05, 4.69) is 5.32 Å². The Morgan fingerprint density at radius 2 is 1.62 bits per heavy atom. The highest BCUT2D eigenvalue weighted by Crippen LogP contribution is 2.27. The minimum atomic E-state index is -3.96. The summed E-state index contributed by atoms with van der Waals surface area (Å²) in [5.41, 5.74) is 1.32.